The largest absolute Gasteiger partial charge is 0.336 e. The average Bonchev–Trinajstić information content (AvgIpc) is 2.83. The van der Waals surface area contributed by atoms with Gasteiger partial charge in [0.15, 0.2) is 0 Å². The van der Waals surface area contributed by atoms with Crippen molar-refractivity contribution in [2.24, 2.45) is 0 Å². The Morgan fingerprint density at radius 1 is 0.912 bits per heavy atom. The van der Waals surface area contributed by atoms with Crippen molar-refractivity contribution in [2.45, 2.75) is 14.7 Å². The molecule has 0 saturated carbocycles. The second-order valence-electron chi connectivity index (χ2n) is 7.54. The van der Waals surface area contributed by atoms with Crippen molar-refractivity contribution in [1.29, 1.82) is 5.26 Å². The van der Waals surface area contributed by atoms with E-state index < -0.39 is 10.0 Å². The molecule has 1 fully saturated rings. The Balaban J connectivity index is 1.58. The lowest BCUT2D eigenvalue weighted by atomic mass is 10.2. The Hall–Kier alpha value is -2.54. The molecule has 0 atom stereocenters. The highest BCUT2D eigenvalue weighted by molar-refractivity contribution is 8.00. The first-order valence-corrected chi connectivity index (χ1v) is 13.3. The average molecular weight is 532 g/mol. The Kier molecular flexibility index (Phi) is 7.51. The predicted octanol–water partition coefficient (Wildman–Crippen LogP) is 5.16. The van der Waals surface area contributed by atoms with Crippen molar-refractivity contribution in [1.82, 2.24) is 9.21 Å². The van der Waals surface area contributed by atoms with Gasteiger partial charge in [0.1, 0.15) is 0 Å². The van der Waals surface area contributed by atoms with Gasteiger partial charge in [-0.05, 0) is 48.5 Å². The number of rotatable bonds is 5. The molecular formula is C24H19Cl2N3O3S2. The van der Waals surface area contributed by atoms with E-state index in [2.05, 4.69) is 0 Å². The summed E-state index contributed by atoms with van der Waals surface area (Å²) in [5, 5.41) is 10.2. The highest BCUT2D eigenvalue weighted by atomic mass is 35.5. The van der Waals surface area contributed by atoms with Crippen LogP contribution in [0, 0.1) is 11.3 Å². The maximum atomic E-state index is 13.6. The fourth-order valence-electron chi connectivity index (χ4n) is 3.61. The van der Waals surface area contributed by atoms with Gasteiger partial charge < -0.3 is 4.90 Å². The molecule has 0 radical (unpaired) electrons. The van der Waals surface area contributed by atoms with Crippen LogP contribution in [0.1, 0.15) is 15.9 Å². The van der Waals surface area contributed by atoms with E-state index in [-0.39, 0.29) is 42.5 Å². The lowest BCUT2D eigenvalue weighted by molar-refractivity contribution is 0.0698. The summed E-state index contributed by atoms with van der Waals surface area (Å²) in [5.74, 6) is -0.127. The number of nitriles is 1. The quantitative estimate of drug-likeness (QED) is 0.453. The standard InChI is InChI=1S/C24H19Cl2N3O3S2/c25-19-13-20(26)15-21(14-19)33-22-7-6-17(16-27)12-23(22)34(31,32)29-10-8-28(9-11-29)24(30)18-4-2-1-3-5-18/h1-7,12-15H,8-11H2. The number of amides is 1. The lowest BCUT2D eigenvalue weighted by Crippen LogP contribution is -2.50. The van der Waals surface area contributed by atoms with Crippen LogP contribution in [0.4, 0.5) is 0 Å². The number of hydrogen-bond acceptors (Lipinski definition) is 5. The molecular weight excluding hydrogens is 513 g/mol. The molecule has 6 nitrogen and oxygen atoms in total. The summed E-state index contributed by atoms with van der Waals surface area (Å²) in [5.41, 5.74) is 0.810. The molecule has 0 bridgehead atoms. The minimum Gasteiger partial charge on any atom is -0.336 e. The van der Waals surface area contributed by atoms with Gasteiger partial charge in [-0.3, -0.25) is 4.79 Å². The summed E-state index contributed by atoms with van der Waals surface area (Å²) in [6, 6.07) is 20.5. The van der Waals surface area contributed by atoms with E-state index in [0.717, 1.165) is 0 Å². The van der Waals surface area contributed by atoms with Gasteiger partial charge in [0.05, 0.1) is 16.5 Å². The Morgan fingerprint density at radius 2 is 1.56 bits per heavy atom. The normalized spacial score (nSPS) is 14.6. The molecule has 4 rings (SSSR count). The molecule has 3 aromatic rings. The summed E-state index contributed by atoms with van der Waals surface area (Å²) in [6.07, 6.45) is 0. The molecule has 1 aliphatic heterocycles. The first-order chi connectivity index (χ1) is 16.3. The Bertz CT molecular complexity index is 1350. The fraction of sp³-hybridized carbons (Fsp3) is 0.167. The van der Waals surface area contributed by atoms with Crippen molar-refractivity contribution in [3.63, 3.8) is 0 Å². The topological polar surface area (TPSA) is 81.5 Å². The first-order valence-electron chi connectivity index (χ1n) is 10.3. The molecule has 0 aromatic heterocycles. The van der Waals surface area contributed by atoms with Crippen LogP contribution in [0.2, 0.25) is 10.0 Å². The molecule has 1 amide bonds. The number of carbonyl (C=O) groups is 1. The SMILES string of the molecule is N#Cc1ccc(Sc2cc(Cl)cc(Cl)c2)c(S(=O)(=O)N2CCN(C(=O)c3ccccc3)CC2)c1. The first kappa shape index (κ1) is 24.6. The third-order valence-corrected chi connectivity index (χ3v) is 8.85. The lowest BCUT2D eigenvalue weighted by Gasteiger charge is -2.34. The number of benzene rings is 3. The fourth-order valence-corrected chi connectivity index (χ4v) is 7.15. The summed E-state index contributed by atoms with van der Waals surface area (Å²) < 4.78 is 28.5. The molecule has 10 heteroatoms. The van der Waals surface area contributed by atoms with Gasteiger partial charge in [0.25, 0.3) is 5.91 Å². The second kappa shape index (κ2) is 10.4. The van der Waals surface area contributed by atoms with Gasteiger partial charge in [-0.2, -0.15) is 9.57 Å². The summed E-state index contributed by atoms with van der Waals surface area (Å²) in [6.45, 7) is 0.865. The van der Waals surface area contributed by atoms with Crippen LogP contribution in [-0.2, 0) is 10.0 Å². The van der Waals surface area contributed by atoms with Crippen molar-refractivity contribution < 1.29 is 13.2 Å². The molecule has 34 heavy (non-hydrogen) atoms. The van der Waals surface area contributed by atoms with E-state index in [9.17, 15) is 18.5 Å². The smallest absolute Gasteiger partial charge is 0.253 e. The van der Waals surface area contributed by atoms with Crippen LogP contribution in [0.25, 0.3) is 0 Å². The van der Waals surface area contributed by atoms with Crippen LogP contribution >= 0.6 is 35.0 Å². The molecule has 3 aromatic carbocycles. The van der Waals surface area contributed by atoms with E-state index in [4.69, 9.17) is 23.2 Å². The number of halogens is 2. The number of carbonyl (C=O) groups excluding carboxylic acids is 1. The molecule has 1 heterocycles. The highest BCUT2D eigenvalue weighted by Gasteiger charge is 2.32. The third-order valence-electron chi connectivity index (χ3n) is 5.30. The Labute approximate surface area is 212 Å². The number of hydrogen-bond donors (Lipinski definition) is 0. The number of sulfonamides is 1. The van der Waals surface area contributed by atoms with E-state index >= 15 is 0 Å². The zero-order valence-corrected chi connectivity index (χ0v) is 21.0. The molecule has 0 aliphatic carbocycles. The van der Waals surface area contributed by atoms with Crippen molar-refractivity contribution >= 4 is 50.9 Å². The van der Waals surface area contributed by atoms with E-state index in [0.29, 0.717) is 25.4 Å². The van der Waals surface area contributed by atoms with Crippen molar-refractivity contribution in [3.8, 4) is 6.07 Å². The van der Waals surface area contributed by atoms with Gasteiger partial charge in [-0.15, -0.1) is 0 Å². The van der Waals surface area contributed by atoms with Crippen LogP contribution in [-0.4, -0.2) is 49.7 Å². The van der Waals surface area contributed by atoms with Crippen LogP contribution in [0.5, 0.6) is 0 Å². The number of nitrogens with zero attached hydrogens (tertiary/aromatic N) is 3. The Morgan fingerprint density at radius 3 is 2.18 bits per heavy atom. The predicted molar refractivity (Wildman–Crippen MR) is 133 cm³/mol. The van der Waals surface area contributed by atoms with E-state index in [1.165, 1.54) is 22.1 Å². The summed E-state index contributed by atoms with van der Waals surface area (Å²) in [4.78, 5) is 15.5. The highest BCUT2D eigenvalue weighted by Crippen LogP contribution is 2.37. The third kappa shape index (κ3) is 5.40. The molecule has 0 spiro atoms. The number of piperazine rings is 1. The minimum absolute atomic E-state index is 0.0375. The van der Waals surface area contributed by atoms with Gasteiger partial charge in [-0.1, -0.05) is 53.2 Å². The molecule has 0 N–H and O–H groups in total. The van der Waals surface area contributed by atoms with Gasteiger partial charge in [0, 0.05) is 51.6 Å². The maximum absolute atomic E-state index is 13.6. The molecule has 0 unspecified atom stereocenters. The van der Waals surface area contributed by atoms with Gasteiger partial charge in [-0.25, -0.2) is 8.42 Å². The van der Waals surface area contributed by atoms with Crippen molar-refractivity contribution in [3.05, 3.63) is 87.9 Å². The van der Waals surface area contributed by atoms with Gasteiger partial charge >= 0.3 is 0 Å². The maximum Gasteiger partial charge on any atom is 0.253 e. The van der Waals surface area contributed by atoms with Crippen molar-refractivity contribution in [2.75, 3.05) is 26.2 Å². The summed E-state index contributed by atoms with van der Waals surface area (Å²) in [7, 11) is -3.92. The van der Waals surface area contributed by atoms with Crippen LogP contribution < -0.4 is 0 Å². The minimum atomic E-state index is -3.92. The zero-order chi connectivity index (χ0) is 24.3. The molecule has 1 saturated heterocycles. The van der Waals surface area contributed by atoms with Gasteiger partial charge in [0.2, 0.25) is 10.0 Å². The van der Waals surface area contributed by atoms with Crippen LogP contribution in [0.15, 0.2) is 81.4 Å². The van der Waals surface area contributed by atoms with E-state index in [1.54, 1.807) is 59.5 Å². The zero-order valence-electron chi connectivity index (χ0n) is 17.8. The molecule has 1 aliphatic rings. The monoisotopic (exact) mass is 531 g/mol. The molecule has 174 valence electrons. The van der Waals surface area contributed by atoms with Crippen LogP contribution in [0.3, 0.4) is 0 Å². The summed E-state index contributed by atoms with van der Waals surface area (Å²) >= 11 is 13.4. The second-order valence-corrected chi connectivity index (χ2v) is 11.4. The van der Waals surface area contributed by atoms with E-state index in [1.807, 2.05) is 12.1 Å².